The minimum absolute atomic E-state index is 0.113. The number of pyridine rings is 1. The summed E-state index contributed by atoms with van der Waals surface area (Å²) >= 11 is 0. The number of nitrogens with one attached hydrogen (secondary N) is 1. The van der Waals surface area contributed by atoms with Crippen molar-refractivity contribution in [3.8, 4) is 5.75 Å². The first-order valence-electron chi connectivity index (χ1n) is 9.91. The standard InChI is InChI=1S/C22H30N4O2/c1-17(2)16-28-20-6-4-5-19(13-20)22(27)24-15-18-7-8-21(23-14-18)26-11-9-25(3)10-12-26/h4-8,13-14,17H,9-12,15-16H2,1-3H3,(H,24,27). The summed E-state index contributed by atoms with van der Waals surface area (Å²) in [5, 5.41) is 2.96. The van der Waals surface area contributed by atoms with E-state index in [4.69, 9.17) is 4.74 Å². The van der Waals surface area contributed by atoms with E-state index in [1.54, 1.807) is 12.1 Å². The van der Waals surface area contributed by atoms with Crippen LogP contribution in [0.5, 0.6) is 5.75 Å². The monoisotopic (exact) mass is 382 g/mol. The number of amides is 1. The summed E-state index contributed by atoms with van der Waals surface area (Å²) in [6.45, 7) is 9.38. The maximum Gasteiger partial charge on any atom is 0.251 e. The summed E-state index contributed by atoms with van der Waals surface area (Å²) in [5.41, 5.74) is 1.58. The van der Waals surface area contributed by atoms with Gasteiger partial charge in [-0.05, 0) is 42.8 Å². The van der Waals surface area contributed by atoms with Gasteiger partial charge in [-0.2, -0.15) is 0 Å². The molecule has 1 aromatic heterocycles. The zero-order valence-corrected chi connectivity index (χ0v) is 17.0. The lowest BCUT2D eigenvalue weighted by Gasteiger charge is -2.33. The Hall–Kier alpha value is -2.60. The maximum absolute atomic E-state index is 12.5. The van der Waals surface area contributed by atoms with E-state index in [-0.39, 0.29) is 5.91 Å². The first kappa shape index (κ1) is 20.1. The minimum atomic E-state index is -0.113. The smallest absolute Gasteiger partial charge is 0.251 e. The van der Waals surface area contributed by atoms with Crippen molar-refractivity contribution in [1.29, 1.82) is 0 Å². The summed E-state index contributed by atoms with van der Waals surface area (Å²) in [6.07, 6.45) is 1.84. The van der Waals surface area contributed by atoms with Gasteiger partial charge in [0.15, 0.2) is 0 Å². The van der Waals surface area contributed by atoms with Crippen LogP contribution in [0.1, 0.15) is 29.8 Å². The van der Waals surface area contributed by atoms with Crippen molar-refractivity contribution in [1.82, 2.24) is 15.2 Å². The Morgan fingerprint density at radius 1 is 1.18 bits per heavy atom. The molecule has 1 amide bonds. The highest BCUT2D eigenvalue weighted by atomic mass is 16.5. The van der Waals surface area contributed by atoms with Gasteiger partial charge in [-0.25, -0.2) is 4.98 Å². The van der Waals surface area contributed by atoms with E-state index < -0.39 is 0 Å². The average molecular weight is 383 g/mol. The molecular weight excluding hydrogens is 352 g/mol. The van der Waals surface area contributed by atoms with E-state index >= 15 is 0 Å². The van der Waals surface area contributed by atoms with Gasteiger partial charge < -0.3 is 19.9 Å². The Kier molecular flexibility index (Phi) is 6.87. The SMILES string of the molecule is CC(C)COc1cccc(C(=O)NCc2ccc(N3CCN(C)CC3)nc2)c1. The number of aromatic nitrogens is 1. The Labute approximate surface area is 167 Å². The predicted molar refractivity (Wildman–Crippen MR) is 112 cm³/mol. The quantitative estimate of drug-likeness (QED) is 0.798. The molecule has 1 aliphatic heterocycles. The number of carbonyl (C=O) groups excluding carboxylic acids is 1. The zero-order valence-electron chi connectivity index (χ0n) is 17.0. The molecule has 1 aliphatic rings. The number of ether oxygens (including phenoxy) is 1. The van der Waals surface area contributed by atoms with Gasteiger partial charge >= 0.3 is 0 Å². The fourth-order valence-corrected chi connectivity index (χ4v) is 3.02. The van der Waals surface area contributed by atoms with Gasteiger partial charge in [0.05, 0.1) is 6.61 Å². The Morgan fingerprint density at radius 2 is 1.96 bits per heavy atom. The molecule has 1 N–H and O–H groups in total. The molecule has 2 heterocycles. The minimum Gasteiger partial charge on any atom is -0.493 e. The molecule has 0 spiro atoms. The number of nitrogens with zero attached hydrogens (tertiary/aromatic N) is 3. The van der Waals surface area contributed by atoms with Crippen LogP contribution >= 0.6 is 0 Å². The molecule has 0 saturated carbocycles. The van der Waals surface area contributed by atoms with Crippen LogP contribution < -0.4 is 15.0 Å². The van der Waals surface area contributed by atoms with Crippen molar-refractivity contribution < 1.29 is 9.53 Å². The van der Waals surface area contributed by atoms with E-state index in [9.17, 15) is 4.79 Å². The topological polar surface area (TPSA) is 57.7 Å². The second-order valence-electron chi connectivity index (χ2n) is 7.73. The van der Waals surface area contributed by atoms with Gasteiger partial charge in [0.2, 0.25) is 0 Å². The summed E-state index contributed by atoms with van der Waals surface area (Å²) in [4.78, 5) is 21.6. The van der Waals surface area contributed by atoms with Gasteiger partial charge in [-0.1, -0.05) is 26.0 Å². The molecule has 150 valence electrons. The van der Waals surface area contributed by atoms with Gasteiger partial charge in [0.1, 0.15) is 11.6 Å². The Bertz CT molecular complexity index is 768. The largest absolute Gasteiger partial charge is 0.493 e. The molecule has 1 saturated heterocycles. The van der Waals surface area contributed by atoms with E-state index in [2.05, 4.69) is 41.0 Å². The first-order chi connectivity index (χ1) is 13.5. The Morgan fingerprint density at radius 3 is 2.64 bits per heavy atom. The highest BCUT2D eigenvalue weighted by Gasteiger charge is 2.15. The molecule has 28 heavy (non-hydrogen) atoms. The van der Waals surface area contributed by atoms with Crippen molar-refractivity contribution in [2.75, 3.05) is 44.7 Å². The lowest BCUT2D eigenvalue weighted by molar-refractivity contribution is 0.0950. The van der Waals surface area contributed by atoms with Crippen molar-refractivity contribution in [2.45, 2.75) is 20.4 Å². The number of carbonyl (C=O) groups is 1. The molecule has 2 aromatic rings. The molecule has 0 bridgehead atoms. The maximum atomic E-state index is 12.5. The second kappa shape index (κ2) is 9.55. The first-order valence-corrected chi connectivity index (χ1v) is 9.91. The molecule has 0 radical (unpaired) electrons. The molecule has 6 heteroatoms. The fourth-order valence-electron chi connectivity index (χ4n) is 3.02. The highest BCUT2D eigenvalue weighted by Crippen LogP contribution is 2.16. The molecule has 0 atom stereocenters. The number of anilines is 1. The second-order valence-corrected chi connectivity index (χ2v) is 7.73. The predicted octanol–water partition coefficient (Wildman–Crippen LogP) is 2.80. The van der Waals surface area contributed by atoms with Gasteiger partial charge in [-0.3, -0.25) is 4.79 Å². The number of rotatable bonds is 7. The number of likely N-dealkylation sites (N-methyl/N-ethyl adjacent to an activating group) is 1. The third-order valence-corrected chi connectivity index (χ3v) is 4.77. The van der Waals surface area contributed by atoms with Crippen molar-refractivity contribution in [3.05, 3.63) is 53.7 Å². The molecule has 6 nitrogen and oxygen atoms in total. The van der Waals surface area contributed by atoms with Crippen LogP contribution in [-0.4, -0.2) is 55.6 Å². The van der Waals surface area contributed by atoms with Crippen LogP contribution in [0.4, 0.5) is 5.82 Å². The van der Waals surface area contributed by atoms with Crippen LogP contribution in [0.15, 0.2) is 42.6 Å². The zero-order chi connectivity index (χ0) is 19.9. The van der Waals surface area contributed by atoms with Crippen LogP contribution in [0, 0.1) is 5.92 Å². The van der Waals surface area contributed by atoms with Gasteiger partial charge in [0, 0.05) is 44.5 Å². The van der Waals surface area contributed by atoms with E-state index in [1.165, 1.54) is 0 Å². The molecule has 0 unspecified atom stereocenters. The average Bonchev–Trinajstić information content (AvgIpc) is 2.72. The van der Waals surface area contributed by atoms with Crippen LogP contribution in [0.25, 0.3) is 0 Å². The van der Waals surface area contributed by atoms with Crippen LogP contribution in [0.3, 0.4) is 0 Å². The number of hydrogen-bond acceptors (Lipinski definition) is 5. The molecule has 0 aliphatic carbocycles. The summed E-state index contributed by atoms with van der Waals surface area (Å²) in [7, 11) is 2.14. The number of hydrogen-bond donors (Lipinski definition) is 1. The number of piperazine rings is 1. The van der Waals surface area contributed by atoms with Crippen molar-refractivity contribution in [2.24, 2.45) is 5.92 Å². The highest BCUT2D eigenvalue weighted by molar-refractivity contribution is 5.94. The van der Waals surface area contributed by atoms with E-state index in [0.29, 0.717) is 24.6 Å². The van der Waals surface area contributed by atoms with Crippen LogP contribution in [0.2, 0.25) is 0 Å². The summed E-state index contributed by atoms with van der Waals surface area (Å²) < 4.78 is 5.70. The molecule has 1 fully saturated rings. The van der Waals surface area contributed by atoms with Crippen molar-refractivity contribution >= 4 is 11.7 Å². The summed E-state index contributed by atoms with van der Waals surface area (Å²) in [6, 6.07) is 11.4. The van der Waals surface area contributed by atoms with Gasteiger partial charge in [0.25, 0.3) is 5.91 Å². The number of benzene rings is 1. The molecule has 3 rings (SSSR count). The van der Waals surface area contributed by atoms with Crippen molar-refractivity contribution in [3.63, 3.8) is 0 Å². The molecule has 1 aromatic carbocycles. The van der Waals surface area contributed by atoms with Gasteiger partial charge in [-0.15, -0.1) is 0 Å². The lowest BCUT2D eigenvalue weighted by Crippen LogP contribution is -2.44. The lowest BCUT2D eigenvalue weighted by atomic mass is 10.2. The van der Waals surface area contributed by atoms with E-state index in [0.717, 1.165) is 43.3 Å². The Balaban J connectivity index is 1.52. The third kappa shape index (κ3) is 5.70. The summed E-state index contributed by atoms with van der Waals surface area (Å²) in [5.74, 6) is 2.05. The fraction of sp³-hybridized carbons (Fsp3) is 0.455. The third-order valence-electron chi connectivity index (χ3n) is 4.77. The van der Waals surface area contributed by atoms with E-state index in [1.807, 2.05) is 30.5 Å². The van der Waals surface area contributed by atoms with Crippen LogP contribution in [-0.2, 0) is 6.54 Å². The molecular formula is C22H30N4O2. The normalized spacial score (nSPS) is 14.9.